The predicted molar refractivity (Wildman–Crippen MR) is 113 cm³/mol. The Morgan fingerprint density at radius 3 is 2.31 bits per heavy atom. The van der Waals surface area contributed by atoms with Gasteiger partial charge in [-0.1, -0.05) is 0 Å². The van der Waals surface area contributed by atoms with Crippen molar-refractivity contribution in [3.63, 3.8) is 0 Å². The summed E-state index contributed by atoms with van der Waals surface area (Å²) in [7, 11) is 0. The van der Waals surface area contributed by atoms with Crippen molar-refractivity contribution in [1.29, 1.82) is 0 Å². The normalized spacial score (nSPS) is 14.3. The molecule has 2 rings (SSSR count). The third kappa shape index (κ3) is 6.10. The lowest BCUT2D eigenvalue weighted by molar-refractivity contribution is -0.136. The number of carbonyl (C=O) groups excluding carboxylic acids is 3. The Bertz CT molecular complexity index is 725. The minimum Gasteiger partial charge on any atom is -0.450 e. The first-order valence-electron chi connectivity index (χ1n) is 10.3. The van der Waals surface area contributed by atoms with E-state index in [9.17, 15) is 14.4 Å². The van der Waals surface area contributed by atoms with Gasteiger partial charge in [-0.15, -0.1) is 0 Å². The first-order chi connectivity index (χ1) is 13.9. The number of anilines is 2. The number of carbonyl (C=O) groups is 3. The molecule has 8 nitrogen and oxygen atoms in total. The summed E-state index contributed by atoms with van der Waals surface area (Å²) in [6.07, 6.45) is 0.851. The summed E-state index contributed by atoms with van der Waals surface area (Å²) in [6, 6.07) is 5.64. The second kappa shape index (κ2) is 10.7. The van der Waals surface area contributed by atoms with Crippen LogP contribution in [0.3, 0.4) is 0 Å². The van der Waals surface area contributed by atoms with Gasteiger partial charge in [-0.05, 0) is 64.3 Å². The number of nitrogens with one attached hydrogen (secondary N) is 2. The van der Waals surface area contributed by atoms with Crippen molar-refractivity contribution >= 4 is 29.3 Å². The largest absolute Gasteiger partial charge is 0.450 e. The fraction of sp³-hybridized carbons (Fsp3) is 0.571. The maximum atomic E-state index is 12.3. The number of rotatable bonds is 6. The summed E-state index contributed by atoms with van der Waals surface area (Å²) in [5, 5.41) is 5.45. The Kier molecular flexibility index (Phi) is 8.30. The molecule has 29 heavy (non-hydrogen) atoms. The molecular weight excluding hydrogens is 372 g/mol. The van der Waals surface area contributed by atoms with E-state index in [2.05, 4.69) is 29.4 Å². The van der Waals surface area contributed by atoms with Crippen molar-refractivity contribution in [2.75, 3.05) is 43.0 Å². The Hall–Kier alpha value is -2.77. The Morgan fingerprint density at radius 2 is 1.76 bits per heavy atom. The van der Waals surface area contributed by atoms with Crippen LogP contribution in [-0.2, 0) is 14.3 Å². The molecule has 1 saturated heterocycles. The molecule has 2 N–H and O–H groups in total. The average molecular weight is 405 g/mol. The summed E-state index contributed by atoms with van der Waals surface area (Å²) >= 11 is 0. The smallest absolute Gasteiger partial charge is 0.409 e. The van der Waals surface area contributed by atoms with Gasteiger partial charge >= 0.3 is 17.9 Å². The molecule has 0 atom stereocenters. The highest BCUT2D eigenvalue weighted by Gasteiger charge is 2.26. The molecular formula is C21H32N4O4. The van der Waals surface area contributed by atoms with Gasteiger partial charge in [0.2, 0.25) is 0 Å². The van der Waals surface area contributed by atoms with Gasteiger partial charge in [0, 0.05) is 43.6 Å². The minimum atomic E-state index is -0.684. The fourth-order valence-corrected chi connectivity index (χ4v) is 3.42. The Morgan fingerprint density at radius 1 is 1.10 bits per heavy atom. The van der Waals surface area contributed by atoms with Gasteiger partial charge in [0.05, 0.1) is 6.61 Å². The predicted octanol–water partition coefficient (Wildman–Crippen LogP) is 2.52. The average Bonchev–Trinajstić information content (AvgIpc) is 2.71. The van der Waals surface area contributed by atoms with Gasteiger partial charge in [-0.3, -0.25) is 9.59 Å². The third-order valence-electron chi connectivity index (χ3n) is 5.15. The summed E-state index contributed by atoms with van der Waals surface area (Å²) in [5.41, 5.74) is 2.61. The van der Waals surface area contributed by atoms with E-state index >= 15 is 0 Å². The van der Waals surface area contributed by atoms with Crippen LogP contribution < -0.4 is 15.5 Å². The number of aryl methyl sites for hydroxylation is 1. The van der Waals surface area contributed by atoms with E-state index in [1.165, 1.54) is 0 Å². The standard InChI is InChI=1S/C21H32N4O4/c1-5-24(6-2)17-8-9-18(15(4)14-17)23-20(27)19(26)22-16-10-12-25(13-11-16)21(28)29-7-3/h8-9,14,16H,5-7,10-13H2,1-4H3,(H,22,26)(H,23,27). The Balaban J connectivity index is 1.87. The van der Waals surface area contributed by atoms with E-state index in [1.54, 1.807) is 11.8 Å². The summed E-state index contributed by atoms with van der Waals surface area (Å²) < 4.78 is 4.98. The van der Waals surface area contributed by atoms with Crippen LogP contribution in [-0.4, -0.2) is 61.6 Å². The molecule has 0 radical (unpaired) electrons. The molecule has 1 heterocycles. The van der Waals surface area contributed by atoms with Crippen LogP contribution in [0, 0.1) is 6.92 Å². The lowest BCUT2D eigenvalue weighted by Gasteiger charge is -2.31. The van der Waals surface area contributed by atoms with Crippen LogP contribution in [0.5, 0.6) is 0 Å². The highest BCUT2D eigenvalue weighted by molar-refractivity contribution is 6.39. The van der Waals surface area contributed by atoms with Crippen LogP contribution in [0.4, 0.5) is 16.2 Å². The zero-order valence-electron chi connectivity index (χ0n) is 17.8. The van der Waals surface area contributed by atoms with E-state index < -0.39 is 11.8 Å². The molecule has 1 fully saturated rings. The molecule has 0 bridgehead atoms. The number of likely N-dealkylation sites (tertiary alicyclic amines) is 1. The van der Waals surface area contributed by atoms with Crippen molar-refractivity contribution in [1.82, 2.24) is 10.2 Å². The zero-order chi connectivity index (χ0) is 21.4. The summed E-state index contributed by atoms with van der Waals surface area (Å²) in [4.78, 5) is 40.1. The number of hydrogen-bond donors (Lipinski definition) is 2. The van der Waals surface area contributed by atoms with Crippen LogP contribution in [0.25, 0.3) is 0 Å². The quantitative estimate of drug-likeness (QED) is 0.711. The summed E-state index contributed by atoms with van der Waals surface area (Å²) in [6.45, 7) is 11.0. The molecule has 3 amide bonds. The molecule has 8 heteroatoms. The SMILES string of the molecule is CCOC(=O)N1CCC(NC(=O)C(=O)Nc2ccc(N(CC)CC)cc2C)CC1. The maximum absolute atomic E-state index is 12.3. The third-order valence-corrected chi connectivity index (χ3v) is 5.15. The van der Waals surface area contributed by atoms with Crippen molar-refractivity contribution in [2.24, 2.45) is 0 Å². The number of ether oxygens (including phenoxy) is 1. The van der Waals surface area contributed by atoms with Crippen molar-refractivity contribution in [3.8, 4) is 0 Å². The number of amides is 3. The molecule has 160 valence electrons. The first-order valence-corrected chi connectivity index (χ1v) is 10.3. The molecule has 1 aromatic rings. The molecule has 1 aliphatic rings. The lowest BCUT2D eigenvalue weighted by Crippen LogP contribution is -2.49. The van der Waals surface area contributed by atoms with Crippen molar-refractivity contribution in [2.45, 2.75) is 46.6 Å². The Labute approximate surface area is 172 Å². The second-order valence-electron chi connectivity index (χ2n) is 7.06. The number of nitrogens with zero attached hydrogens (tertiary/aromatic N) is 2. The van der Waals surface area contributed by atoms with Crippen LogP contribution in [0.1, 0.15) is 39.2 Å². The lowest BCUT2D eigenvalue weighted by atomic mass is 10.1. The molecule has 1 aliphatic heterocycles. The van der Waals surface area contributed by atoms with Gasteiger partial charge in [0.25, 0.3) is 0 Å². The monoisotopic (exact) mass is 404 g/mol. The van der Waals surface area contributed by atoms with E-state index in [0.717, 1.165) is 24.3 Å². The van der Waals surface area contributed by atoms with E-state index in [0.29, 0.717) is 38.2 Å². The molecule has 0 aromatic heterocycles. The van der Waals surface area contributed by atoms with Gasteiger partial charge in [0.1, 0.15) is 0 Å². The van der Waals surface area contributed by atoms with Crippen molar-refractivity contribution in [3.05, 3.63) is 23.8 Å². The second-order valence-corrected chi connectivity index (χ2v) is 7.06. The summed E-state index contributed by atoms with van der Waals surface area (Å²) in [5.74, 6) is -1.34. The van der Waals surface area contributed by atoms with Crippen LogP contribution in [0.15, 0.2) is 18.2 Å². The first kappa shape index (κ1) is 22.5. The topological polar surface area (TPSA) is 91.0 Å². The molecule has 0 saturated carbocycles. The van der Waals surface area contributed by atoms with Gasteiger partial charge < -0.3 is 25.2 Å². The molecule has 1 aromatic carbocycles. The fourth-order valence-electron chi connectivity index (χ4n) is 3.42. The van der Waals surface area contributed by atoms with Gasteiger partial charge in [-0.25, -0.2) is 4.79 Å². The molecule has 0 aliphatic carbocycles. The van der Waals surface area contributed by atoms with Crippen LogP contribution in [0.2, 0.25) is 0 Å². The van der Waals surface area contributed by atoms with E-state index in [-0.39, 0.29) is 12.1 Å². The van der Waals surface area contributed by atoms with E-state index in [1.807, 2.05) is 25.1 Å². The van der Waals surface area contributed by atoms with Crippen molar-refractivity contribution < 1.29 is 19.1 Å². The molecule has 0 spiro atoms. The number of piperidine rings is 1. The molecule has 0 unspecified atom stereocenters. The highest BCUT2D eigenvalue weighted by atomic mass is 16.6. The highest BCUT2D eigenvalue weighted by Crippen LogP contribution is 2.22. The maximum Gasteiger partial charge on any atom is 0.409 e. The van der Waals surface area contributed by atoms with Gasteiger partial charge in [-0.2, -0.15) is 0 Å². The van der Waals surface area contributed by atoms with E-state index in [4.69, 9.17) is 4.74 Å². The number of benzene rings is 1. The minimum absolute atomic E-state index is 0.134. The van der Waals surface area contributed by atoms with Gasteiger partial charge in [0.15, 0.2) is 0 Å². The number of hydrogen-bond acceptors (Lipinski definition) is 5. The zero-order valence-corrected chi connectivity index (χ0v) is 17.8. The van der Waals surface area contributed by atoms with Crippen LogP contribution >= 0.6 is 0 Å².